The summed E-state index contributed by atoms with van der Waals surface area (Å²) in [6.07, 6.45) is -0.144. The molecule has 20 heavy (non-hydrogen) atoms. The molecule has 1 unspecified atom stereocenters. The predicted octanol–water partition coefficient (Wildman–Crippen LogP) is 0.604. The molecule has 0 heterocycles. The minimum atomic E-state index is -1.01. The van der Waals surface area contributed by atoms with E-state index in [-0.39, 0.29) is 12.8 Å². The molecule has 4 N–H and O–H groups in total. The zero-order valence-electron chi connectivity index (χ0n) is 11.0. The van der Waals surface area contributed by atoms with Crippen molar-refractivity contribution in [3.63, 3.8) is 0 Å². The lowest BCUT2D eigenvalue weighted by atomic mass is 10.1. The van der Waals surface area contributed by atoms with Crippen LogP contribution in [0.5, 0.6) is 0 Å². The van der Waals surface area contributed by atoms with Gasteiger partial charge >= 0.3 is 11.9 Å². The molecule has 0 aromatic heterocycles. The quantitative estimate of drug-likeness (QED) is 0.657. The van der Waals surface area contributed by atoms with Crippen LogP contribution in [0.25, 0.3) is 0 Å². The van der Waals surface area contributed by atoms with Gasteiger partial charge < -0.3 is 20.9 Å². The van der Waals surface area contributed by atoms with Gasteiger partial charge in [0.15, 0.2) is 0 Å². The van der Waals surface area contributed by atoms with E-state index in [1.54, 1.807) is 18.2 Å². The van der Waals surface area contributed by atoms with Gasteiger partial charge in [0.25, 0.3) is 0 Å². The number of methoxy groups -OCH3 is 1. The van der Waals surface area contributed by atoms with Crippen molar-refractivity contribution in [1.29, 1.82) is 0 Å². The zero-order valence-corrected chi connectivity index (χ0v) is 11.0. The molecule has 1 amide bonds. The molecule has 1 aromatic carbocycles. The fraction of sp³-hybridized carbons (Fsp3) is 0.308. The van der Waals surface area contributed by atoms with Gasteiger partial charge in [-0.2, -0.15) is 0 Å². The molecule has 0 aliphatic heterocycles. The van der Waals surface area contributed by atoms with E-state index in [9.17, 15) is 14.4 Å². The number of hydrogen-bond acceptors (Lipinski definition) is 5. The maximum absolute atomic E-state index is 11.7. The minimum absolute atomic E-state index is 0.0395. The third-order valence-electron chi connectivity index (χ3n) is 2.56. The van der Waals surface area contributed by atoms with Gasteiger partial charge in [0.05, 0.1) is 18.7 Å². The number of carboxylic acid groups (broad SMARTS) is 1. The summed E-state index contributed by atoms with van der Waals surface area (Å²) >= 11 is 0. The molecule has 0 saturated carbocycles. The van der Waals surface area contributed by atoms with Crippen molar-refractivity contribution in [1.82, 2.24) is 0 Å². The van der Waals surface area contributed by atoms with Gasteiger partial charge in [-0.25, -0.2) is 4.79 Å². The Bertz CT molecular complexity index is 515. The normalized spacial score (nSPS) is 11.5. The monoisotopic (exact) mass is 280 g/mol. The van der Waals surface area contributed by atoms with Crippen LogP contribution in [0.1, 0.15) is 23.2 Å². The maximum atomic E-state index is 11.7. The smallest absolute Gasteiger partial charge is 0.337 e. The largest absolute Gasteiger partial charge is 0.481 e. The Morgan fingerprint density at radius 3 is 2.70 bits per heavy atom. The summed E-state index contributed by atoms with van der Waals surface area (Å²) in [5.74, 6) is -2.04. The van der Waals surface area contributed by atoms with Crippen LogP contribution in [0.3, 0.4) is 0 Å². The molecule has 0 saturated heterocycles. The van der Waals surface area contributed by atoms with Crippen LogP contribution in [0.2, 0.25) is 0 Å². The topological polar surface area (TPSA) is 119 Å². The Balaban J connectivity index is 2.66. The molecule has 7 nitrogen and oxygen atoms in total. The Morgan fingerprint density at radius 2 is 2.10 bits per heavy atom. The molecule has 0 aliphatic rings. The number of esters is 1. The molecule has 1 aromatic rings. The fourth-order valence-corrected chi connectivity index (χ4v) is 1.49. The van der Waals surface area contributed by atoms with Gasteiger partial charge in [-0.1, -0.05) is 6.07 Å². The standard InChI is InChI=1S/C13H16N2O5/c1-20-13(19)8-3-2-4-9(7-8)15-12(18)10(14)5-6-11(16)17/h2-4,7,10H,5-6,14H2,1H3,(H,15,18)(H,16,17). The minimum Gasteiger partial charge on any atom is -0.481 e. The van der Waals surface area contributed by atoms with E-state index >= 15 is 0 Å². The van der Waals surface area contributed by atoms with E-state index in [0.717, 1.165) is 0 Å². The number of rotatable bonds is 6. The van der Waals surface area contributed by atoms with Crippen molar-refractivity contribution in [3.8, 4) is 0 Å². The lowest BCUT2D eigenvalue weighted by Gasteiger charge is -2.11. The van der Waals surface area contributed by atoms with Gasteiger partial charge in [-0.15, -0.1) is 0 Å². The zero-order chi connectivity index (χ0) is 15.1. The van der Waals surface area contributed by atoms with Crippen molar-refractivity contribution in [3.05, 3.63) is 29.8 Å². The Labute approximate surface area is 115 Å². The van der Waals surface area contributed by atoms with Crippen LogP contribution in [-0.2, 0) is 14.3 Å². The highest BCUT2D eigenvalue weighted by Gasteiger charge is 2.15. The van der Waals surface area contributed by atoms with E-state index in [1.165, 1.54) is 13.2 Å². The number of anilines is 1. The third kappa shape index (κ3) is 4.69. The van der Waals surface area contributed by atoms with Crippen LogP contribution < -0.4 is 11.1 Å². The highest BCUT2D eigenvalue weighted by atomic mass is 16.5. The van der Waals surface area contributed by atoms with E-state index < -0.39 is 23.9 Å². The first kappa shape index (κ1) is 15.6. The Morgan fingerprint density at radius 1 is 1.40 bits per heavy atom. The lowest BCUT2D eigenvalue weighted by Crippen LogP contribution is -2.36. The predicted molar refractivity (Wildman–Crippen MR) is 71.3 cm³/mol. The van der Waals surface area contributed by atoms with Crippen LogP contribution in [0, 0.1) is 0 Å². The molecular formula is C13H16N2O5. The number of amides is 1. The van der Waals surface area contributed by atoms with E-state index in [2.05, 4.69) is 10.1 Å². The Kier molecular flexibility index (Phi) is 5.67. The second-order valence-corrected chi connectivity index (χ2v) is 4.10. The van der Waals surface area contributed by atoms with Crippen LogP contribution in [-0.4, -0.2) is 36.1 Å². The highest BCUT2D eigenvalue weighted by Crippen LogP contribution is 2.12. The van der Waals surface area contributed by atoms with E-state index in [0.29, 0.717) is 11.3 Å². The number of aliphatic carboxylic acids is 1. The molecule has 0 fully saturated rings. The summed E-state index contributed by atoms with van der Waals surface area (Å²) in [7, 11) is 1.26. The van der Waals surface area contributed by atoms with Crippen molar-refractivity contribution >= 4 is 23.5 Å². The molecule has 0 radical (unpaired) electrons. The molecule has 0 spiro atoms. The Hall–Kier alpha value is -2.41. The number of carbonyl (C=O) groups is 3. The van der Waals surface area contributed by atoms with Crippen molar-refractivity contribution in [2.24, 2.45) is 5.73 Å². The number of nitrogens with two attached hydrogens (primary N) is 1. The van der Waals surface area contributed by atoms with Crippen molar-refractivity contribution in [2.45, 2.75) is 18.9 Å². The van der Waals surface area contributed by atoms with Crippen LogP contribution >= 0.6 is 0 Å². The third-order valence-corrected chi connectivity index (χ3v) is 2.56. The molecule has 1 atom stereocenters. The average molecular weight is 280 g/mol. The number of carbonyl (C=O) groups excluding carboxylic acids is 2. The highest BCUT2D eigenvalue weighted by molar-refractivity contribution is 5.97. The summed E-state index contributed by atoms with van der Waals surface area (Å²) in [6, 6.07) is 5.26. The fourth-order valence-electron chi connectivity index (χ4n) is 1.49. The SMILES string of the molecule is COC(=O)c1cccc(NC(=O)C(N)CCC(=O)O)c1. The number of hydrogen-bond donors (Lipinski definition) is 3. The van der Waals surface area contributed by atoms with Gasteiger partial charge in [-0.05, 0) is 24.6 Å². The summed E-state index contributed by atoms with van der Waals surface area (Å²) in [4.78, 5) is 33.5. The van der Waals surface area contributed by atoms with E-state index in [1.807, 2.05) is 0 Å². The average Bonchev–Trinajstić information content (AvgIpc) is 2.43. The summed E-state index contributed by atoms with van der Waals surface area (Å²) in [5.41, 5.74) is 6.26. The summed E-state index contributed by atoms with van der Waals surface area (Å²) < 4.78 is 4.57. The molecule has 0 aliphatic carbocycles. The van der Waals surface area contributed by atoms with Gasteiger partial charge in [-0.3, -0.25) is 9.59 Å². The summed E-state index contributed by atoms with van der Waals surface area (Å²) in [6.45, 7) is 0. The molecule has 7 heteroatoms. The lowest BCUT2D eigenvalue weighted by molar-refractivity contribution is -0.137. The number of carboxylic acids is 1. The van der Waals surface area contributed by atoms with Crippen LogP contribution in [0.4, 0.5) is 5.69 Å². The molecule has 0 bridgehead atoms. The van der Waals surface area contributed by atoms with Crippen LogP contribution in [0.15, 0.2) is 24.3 Å². The number of nitrogens with one attached hydrogen (secondary N) is 1. The van der Waals surface area contributed by atoms with Gasteiger partial charge in [0.1, 0.15) is 0 Å². The molecule has 108 valence electrons. The first-order chi connectivity index (χ1) is 9.43. The number of benzene rings is 1. The molecule has 1 rings (SSSR count). The number of ether oxygens (including phenoxy) is 1. The van der Waals surface area contributed by atoms with Crippen molar-refractivity contribution < 1.29 is 24.2 Å². The van der Waals surface area contributed by atoms with Gasteiger partial charge in [0, 0.05) is 12.1 Å². The van der Waals surface area contributed by atoms with Gasteiger partial charge in [0.2, 0.25) is 5.91 Å². The van der Waals surface area contributed by atoms with E-state index in [4.69, 9.17) is 10.8 Å². The van der Waals surface area contributed by atoms with Crippen molar-refractivity contribution in [2.75, 3.05) is 12.4 Å². The summed E-state index contributed by atoms with van der Waals surface area (Å²) in [5, 5.41) is 11.0. The maximum Gasteiger partial charge on any atom is 0.337 e. The molecular weight excluding hydrogens is 264 g/mol. The second-order valence-electron chi connectivity index (χ2n) is 4.10. The first-order valence-corrected chi connectivity index (χ1v) is 5.90. The first-order valence-electron chi connectivity index (χ1n) is 5.90. The second kappa shape index (κ2) is 7.25.